The monoisotopic (exact) mass is 517 g/mol. The molecule has 1 aliphatic heterocycles. The molecule has 3 aromatic rings. The highest BCUT2D eigenvalue weighted by Crippen LogP contribution is 2.37. The summed E-state index contributed by atoms with van der Waals surface area (Å²) < 4.78 is 5.54. The largest absolute Gasteiger partial charge is 0.466 e. The number of aromatic amines is 1. The molecule has 0 aliphatic carbocycles. The number of likely N-dealkylation sites (tertiary alicyclic amines) is 1. The van der Waals surface area contributed by atoms with Crippen molar-refractivity contribution in [1.82, 2.24) is 9.88 Å². The molecule has 2 aromatic carbocycles. The third-order valence-corrected chi connectivity index (χ3v) is 7.62. The molecular formula is C31H39N3O4. The normalized spacial score (nSPS) is 18.8. The predicted octanol–water partition coefficient (Wildman–Crippen LogP) is 4.44. The van der Waals surface area contributed by atoms with Gasteiger partial charge in [0.1, 0.15) is 0 Å². The van der Waals surface area contributed by atoms with Crippen molar-refractivity contribution >= 4 is 28.6 Å². The van der Waals surface area contributed by atoms with Gasteiger partial charge in [0.2, 0.25) is 5.91 Å². The number of benzene rings is 2. The van der Waals surface area contributed by atoms with E-state index in [0.717, 1.165) is 22.0 Å². The van der Waals surface area contributed by atoms with E-state index in [0.29, 0.717) is 32.2 Å². The molecule has 0 unspecified atom stereocenters. The molecule has 4 rings (SSSR count). The van der Waals surface area contributed by atoms with E-state index in [9.17, 15) is 14.4 Å². The van der Waals surface area contributed by atoms with E-state index in [2.05, 4.69) is 4.98 Å². The number of esters is 1. The third kappa shape index (κ3) is 6.16. The highest BCUT2D eigenvalue weighted by molar-refractivity contribution is 5.93. The Hall–Kier alpha value is -3.45. The Morgan fingerprint density at radius 2 is 1.82 bits per heavy atom. The SMILES string of the molecule is CCOC(=O)[C@@]1(Cc2ccccc2)CCCN(C(=O)[C@H](CC(=O)C(C)(C)N)Cc2c[nH]c3ccccc23)C1. The number of nitrogens with zero attached hydrogens (tertiary/aromatic N) is 1. The van der Waals surface area contributed by atoms with Gasteiger partial charge in [0.05, 0.1) is 17.6 Å². The molecule has 0 bridgehead atoms. The Balaban J connectivity index is 1.63. The van der Waals surface area contributed by atoms with Gasteiger partial charge in [-0.15, -0.1) is 0 Å². The second-order valence-electron chi connectivity index (χ2n) is 11.1. The van der Waals surface area contributed by atoms with Crippen LogP contribution in [-0.2, 0) is 32.0 Å². The number of Topliss-reactive ketones (excluding diaryl/α,β-unsaturated/α-hetero) is 1. The molecule has 1 saturated heterocycles. The molecule has 2 heterocycles. The number of hydrogen-bond donors (Lipinski definition) is 2. The van der Waals surface area contributed by atoms with Gasteiger partial charge in [0, 0.05) is 42.5 Å². The van der Waals surface area contributed by atoms with Crippen molar-refractivity contribution in [2.75, 3.05) is 19.7 Å². The maximum absolute atomic E-state index is 14.1. The summed E-state index contributed by atoms with van der Waals surface area (Å²) in [6.07, 6.45) is 4.20. The van der Waals surface area contributed by atoms with Gasteiger partial charge >= 0.3 is 5.97 Å². The van der Waals surface area contributed by atoms with E-state index in [1.807, 2.05) is 60.8 Å². The van der Waals surface area contributed by atoms with Crippen LogP contribution in [0.15, 0.2) is 60.8 Å². The van der Waals surface area contributed by atoms with Crippen molar-refractivity contribution in [2.45, 2.75) is 58.4 Å². The van der Waals surface area contributed by atoms with Crippen molar-refractivity contribution in [1.29, 1.82) is 0 Å². The average Bonchev–Trinajstić information content (AvgIpc) is 3.31. The summed E-state index contributed by atoms with van der Waals surface area (Å²) in [7, 11) is 0. The van der Waals surface area contributed by atoms with Gasteiger partial charge in [0.25, 0.3) is 0 Å². The Labute approximate surface area is 224 Å². The number of fused-ring (bicyclic) bond motifs is 1. The zero-order chi connectivity index (χ0) is 27.3. The molecule has 0 saturated carbocycles. The Kier molecular flexibility index (Phi) is 8.36. The van der Waals surface area contributed by atoms with Crippen LogP contribution in [0, 0.1) is 11.3 Å². The summed E-state index contributed by atoms with van der Waals surface area (Å²) in [6, 6.07) is 17.8. The maximum atomic E-state index is 14.1. The number of aromatic nitrogens is 1. The zero-order valence-corrected chi connectivity index (χ0v) is 22.7. The first-order chi connectivity index (χ1) is 18.1. The topological polar surface area (TPSA) is 105 Å². The molecule has 1 fully saturated rings. The van der Waals surface area contributed by atoms with E-state index < -0.39 is 16.9 Å². The number of ether oxygens (including phenoxy) is 1. The third-order valence-electron chi connectivity index (χ3n) is 7.62. The van der Waals surface area contributed by atoms with Crippen molar-refractivity contribution in [3.8, 4) is 0 Å². The molecule has 7 heteroatoms. The van der Waals surface area contributed by atoms with Gasteiger partial charge in [-0.1, -0.05) is 48.5 Å². The number of nitrogens with one attached hydrogen (secondary N) is 1. The number of hydrogen-bond acceptors (Lipinski definition) is 5. The van der Waals surface area contributed by atoms with Crippen molar-refractivity contribution in [3.05, 3.63) is 71.9 Å². The molecule has 1 aromatic heterocycles. The number of nitrogens with two attached hydrogens (primary N) is 1. The lowest BCUT2D eigenvalue weighted by Gasteiger charge is -2.42. The minimum atomic E-state index is -1.04. The van der Waals surface area contributed by atoms with E-state index >= 15 is 0 Å². The molecular weight excluding hydrogens is 478 g/mol. The summed E-state index contributed by atoms with van der Waals surface area (Å²) >= 11 is 0. The van der Waals surface area contributed by atoms with Crippen LogP contribution in [0.4, 0.5) is 0 Å². The van der Waals surface area contributed by atoms with Gasteiger partial charge in [-0.05, 0) is 63.6 Å². The quantitative estimate of drug-likeness (QED) is 0.387. The van der Waals surface area contributed by atoms with Gasteiger partial charge in [0.15, 0.2) is 5.78 Å². The molecule has 7 nitrogen and oxygen atoms in total. The highest BCUT2D eigenvalue weighted by Gasteiger charge is 2.46. The Bertz CT molecular complexity index is 1280. The first-order valence-electron chi connectivity index (χ1n) is 13.5. The predicted molar refractivity (Wildman–Crippen MR) is 148 cm³/mol. The molecule has 2 atom stereocenters. The van der Waals surface area contributed by atoms with Crippen LogP contribution in [-0.4, -0.2) is 52.8 Å². The Morgan fingerprint density at radius 1 is 1.11 bits per heavy atom. The molecule has 0 spiro atoms. The van der Waals surface area contributed by atoms with Crippen molar-refractivity contribution in [2.24, 2.45) is 17.1 Å². The molecule has 202 valence electrons. The lowest BCUT2D eigenvalue weighted by atomic mass is 9.74. The number of amides is 1. The number of piperidine rings is 1. The van der Waals surface area contributed by atoms with E-state index in [1.165, 1.54) is 0 Å². The number of carbonyl (C=O) groups excluding carboxylic acids is 3. The van der Waals surface area contributed by atoms with Gasteiger partial charge in [-0.25, -0.2) is 0 Å². The molecule has 3 N–H and O–H groups in total. The summed E-state index contributed by atoms with van der Waals surface area (Å²) in [6.45, 7) is 6.25. The van der Waals surface area contributed by atoms with Gasteiger partial charge in [-0.2, -0.15) is 0 Å². The fourth-order valence-corrected chi connectivity index (χ4v) is 5.53. The second kappa shape index (κ2) is 11.5. The Morgan fingerprint density at radius 3 is 2.53 bits per heavy atom. The summed E-state index contributed by atoms with van der Waals surface area (Å²) in [5.41, 5.74) is 7.27. The van der Waals surface area contributed by atoms with Crippen molar-refractivity contribution < 1.29 is 19.1 Å². The fourth-order valence-electron chi connectivity index (χ4n) is 5.53. The average molecular weight is 518 g/mol. The second-order valence-corrected chi connectivity index (χ2v) is 11.1. The number of ketones is 1. The standard InChI is InChI=1S/C31H39N3O4/c1-4-38-29(37)31(19-22-11-6-5-7-12-22)15-10-16-34(21-31)28(36)23(18-27(35)30(2,3)32)17-24-20-33-26-14-9-8-13-25(24)26/h5-9,11-14,20,23,33H,4,10,15-19,21,32H2,1-3H3/t23-,31+/m0/s1. The van der Waals surface area contributed by atoms with Gasteiger partial charge < -0.3 is 20.4 Å². The molecule has 0 radical (unpaired) electrons. The van der Waals surface area contributed by atoms with Gasteiger partial charge in [-0.3, -0.25) is 14.4 Å². The lowest BCUT2D eigenvalue weighted by molar-refractivity contribution is -0.161. The van der Waals surface area contributed by atoms with Crippen molar-refractivity contribution in [3.63, 3.8) is 0 Å². The number of carbonyl (C=O) groups is 3. The first kappa shape index (κ1) is 27.6. The first-order valence-corrected chi connectivity index (χ1v) is 13.5. The highest BCUT2D eigenvalue weighted by atomic mass is 16.5. The summed E-state index contributed by atoms with van der Waals surface area (Å²) in [4.78, 5) is 45.5. The zero-order valence-electron chi connectivity index (χ0n) is 22.7. The summed E-state index contributed by atoms with van der Waals surface area (Å²) in [5, 5.41) is 1.04. The van der Waals surface area contributed by atoms with E-state index in [4.69, 9.17) is 10.5 Å². The number of rotatable bonds is 10. The smallest absolute Gasteiger partial charge is 0.314 e. The molecule has 38 heavy (non-hydrogen) atoms. The molecule has 1 aliphatic rings. The minimum absolute atomic E-state index is 0.0451. The number of H-pyrrole nitrogens is 1. The fraction of sp³-hybridized carbons (Fsp3) is 0.452. The van der Waals surface area contributed by atoms with E-state index in [-0.39, 0.29) is 37.2 Å². The molecule has 1 amide bonds. The van der Waals surface area contributed by atoms with Crippen LogP contribution >= 0.6 is 0 Å². The van der Waals surface area contributed by atoms with E-state index in [1.54, 1.807) is 25.7 Å². The number of para-hydroxylation sites is 1. The lowest BCUT2D eigenvalue weighted by Crippen LogP contribution is -2.53. The van der Waals surface area contributed by atoms with Crippen LogP contribution in [0.5, 0.6) is 0 Å². The van der Waals surface area contributed by atoms with Crippen LogP contribution in [0.1, 0.15) is 51.2 Å². The minimum Gasteiger partial charge on any atom is -0.466 e. The summed E-state index contributed by atoms with van der Waals surface area (Å²) in [5.74, 6) is -1.13. The van der Waals surface area contributed by atoms with Crippen LogP contribution in [0.2, 0.25) is 0 Å². The van der Waals surface area contributed by atoms with Crippen LogP contribution in [0.3, 0.4) is 0 Å². The van der Waals surface area contributed by atoms with Crippen LogP contribution in [0.25, 0.3) is 10.9 Å². The maximum Gasteiger partial charge on any atom is 0.314 e. The van der Waals surface area contributed by atoms with Crippen LogP contribution < -0.4 is 5.73 Å².